The molecule has 1 aliphatic rings. The van der Waals surface area contributed by atoms with Gasteiger partial charge in [-0.05, 0) is 27.2 Å². The van der Waals surface area contributed by atoms with Gasteiger partial charge in [0.1, 0.15) is 17.7 Å². The lowest BCUT2D eigenvalue weighted by Crippen LogP contribution is -2.48. The van der Waals surface area contributed by atoms with Gasteiger partial charge in [-0.15, -0.1) is 0 Å². The molecule has 0 radical (unpaired) electrons. The number of aliphatic carboxylic acids is 1. The zero-order valence-electron chi connectivity index (χ0n) is 10.3. The number of amides is 1. The summed E-state index contributed by atoms with van der Waals surface area (Å²) in [5, 5.41) is 8.82. The van der Waals surface area contributed by atoms with Crippen LogP contribution in [-0.4, -0.2) is 46.9 Å². The van der Waals surface area contributed by atoms with Gasteiger partial charge in [0.15, 0.2) is 0 Å². The number of rotatable bonds is 1. The summed E-state index contributed by atoms with van der Waals surface area (Å²) in [7, 11) is 0. The lowest BCUT2D eigenvalue weighted by atomic mass is 9.96. The SMILES string of the molecule is CC(C)(C)OC(=O)N1CCC(F)C(C(=O)O)C1. The van der Waals surface area contributed by atoms with Crippen molar-refractivity contribution in [1.29, 1.82) is 0 Å². The van der Waals surface area contributed by atoms with E-state index in [1.807, 2.05) is 0 Å². The predicted octanol–water partition coefficient (Wildman–Crippen LogP) is 1.67. The molecule has 2 unspecified atom stereocenters. The molecule has 0 saturated carbocycles. The monoisotopic (exact) mass is 247 g/mol. The maximum atomic E-state index is 13.3. The van der Waals surface area contributed by atoms with Crippen molar-refractivity contribution in [2.24, 2.45) is 5.92 Å². The molecule has 98 valence electrons. The third kappa shape index (κ3) is 3.87. The molecular formula is C11H18FNO4. The van der Waals surface area contributed by atoms with Gasteiger partial charge < -0.3 is 14.7 Å². The Morgan fingerprint density at radius 1 is 1.41 bits per heavy atom. The first-order valence-electron chi connectivity index (χ1n) is 5.55. The van der Waals surface area contributed by atoms with E-state index in [9.17, 15) is 14.0 Å². The molecule has 0 aromatic rings. The van der Waals surface area contributed by atoms with Gasteiger partial charge in [0.2, 0.25) is 0 Å². The fourth-order valence-corrected chi connectivity index (χ4v) is 1.65. The number of carboxylic acids is 1. The molecule has 0 aliphatic carbocycles. The van der Waals surface area contributed by atoms with E-state index in [2.05, 4.69) is 0 Å². The van der Waals surface area contributed by atoms with Gasteiger partial charge in [0, 0.05) is 13.1 Å². The molecule has 0 bridgehead atoms. The van der Waals surface area contributed by atoms with Crippen LogP contribution in [0.1, 0.15) is 27.2 Å². The summed E-state index contributed by atoms with van der Waals surface area (Å²) >= 11 is 0. The number of hydrogen-bond donors (Lipinski definition) is 1. The zero-order chi connectivity index (χ0) is 13.2. The molecule has 1 amide bonds. The third-order valence-electron chi connectivity index (χ3n) is 2.50. The highest BCUT2D eigenvalue weighted by Gasteiger charge is 2.37. The summed E-state index contributed by atoms with van der Waals surface area (Å²) in [5.74, 6) is -2.37. The minimum absolute atomic E-state index is 0.0379. The molecular weight excluding hydrogens is 229 g/mol. The smallest absolute Gasteiger partial charge is 0.410 e. The molecule has 6 heteroatoms. The van der Waals surface area contributed by atoms with Crippen LogP contribution < -0.4 is 0 Å². The number of piperidine rings is 1. The van der Waals surface area contributed by atoms with Crippen molar-refractivity contribution in [3.05, 3.63) is 0 Å². The highest BCUT2D eigenvalue weighted by Crippen LogP contribution is 2.22. The van der Waals surface area contributed by atoms with Crippen molar-refractivity contribution < 1.29 is 23.8 Å². The van der Waals surface area contributed by atoms with Crippen molar-refractivity contribution in [2.75, 3.05) is 13.1 Å². The molecule has 1 aliphatic heterocycles. The van der Waals surface area contributed by atoms with Crippen LogP contribution in [0.25, 0.3) is 0 Å². The Labute approximate surface area is 99.5 Å². The number of halogens is 1. The molecule has 17 heavy (non-hydrogen) atoms. The number of nitrogens with zero attached hydrogens (tertiary/aromatic N) is 1. The molecule has 1 N–H and O–H groups in total. The van der Waals surface area contributed by atoms with E-state index in [-0.39, 0.29) is 19.5 Å². The Morgan fingerprint density at radius 3 is 2.47 bits per heavy atom. The van der Waals surface area contributed by atoms with Crippen molar-refractivity contribution in [2.45, 2.75) is 39.0 Å². The van der Waals surface area contributed by atoms with Crippen LogP contribution in [0.3, 0.4) is 0 Å². The van der Waals surface area contributed by atoms with Crippen LogP contribution in [0.4, 0.5) is 9.18 Å². The van der Waals surface area contributed by atoms with Gasteiger partial charge >= 0.3 is 12.1 Å². The van der Waals surface area contributed by atoms with Gasteiger partial charge in [-0.2, -0.15) is 0 Å². The Balaban J connectivity index is 2.62. The third-order valence-corrected chi connectivity index (χ3v) is 2.50. The average molecular weight is 247 g/mol. The summed E-state index contributed by atoms with van der Waals surface area (Å²) in [6.45, 7) is 5.23. The fraction of sp³-hybridized carbons (Fsp3) is 0.818. The largest absolute Gasteiger partial charge is 0.481 e. The fourth-order valence-electron chi connectivity index (χ4n) is 1.65. The van der Waals surface area contributed by atoms with E-state index in [4.69, 9.17) is 9.84 Å². The van der Waals surface area contributed by atoms with Crippen molar-refractivity contribution in [3.63, 3.8) is 0 Å². The summed E-state index contributed by atoms with van der Waals surface area (Å²) < 4.78 is 18.4. The Morgan fingerprint density at radius 2 is 2.00 bits per heavy atom. The van der Waals surface area contributed by atoms with Gasteiger partial charge in [-0.1, -0.05) is 0 Å². The Bertz CT molecular complexity index is 313. The van der Waals surface area contributed by atoms with Crippen LogP contribution >= 0.6 is 0 Å². The standard InChI is InChI=1S/C11H18FNO4/c1-11(2,3)17-10(16)13-5-4-8(12)7(6-13)9(14)15/h7-8H,4-6H2,1-3H3,(H,14,15). The van der Waals surface area contributed by atoms with E-state index >= 15 is 0 Å². The number of carboxylic acid groups (broad SMARTS) is 1. The maximum absolute atomic E-state index is 13.3. The van der Waals surface area contributed by atoms with E-state index < -0.39 is 29.8 Å². The van der Waals surface area contributed by atoms with Crippen LogP contribution in [0, 0.1) is 5.92 Å². The molecule has 1 fully saturated rings. The van der Waals surface area contributed by atoms with E-state index in [0.717, 1.165) is 0 Å². The summed E-state index contributed by atoms with van der Waals surface area (Å²) in [4.78, 5) is 23.7. The first-order chi connectivity index (χ1) is 7.70. The first kappa shape index (κ1) is 13.7. The van der Waals surface area contributed by atoms with E-state index in [1.165, 1.54) is 4.90 Å². The molecule has 0 spiro atoms. The van der Waals surface area contributed by atoms with Crippen molar-refractivity contribution >= 4 is 12.1 Å². The lowest BCUT2D eigenvalue weighted by Gasteiger charge is -2.34. The van der Waals surface area contributed by atoms with Crippen LogP contribution in [-0.2, 0) is 9.53 Å². The topological polar surface area (TPSA) is 66.8 Å². The second kappa shape index (κ2) is 4.89. The average Bonchev–Trinajstić information content (AvgIpc) is 2.14. The minimum atomic E-state index is -1.40. The number of ether oxygens (including phenoxy) is 1. The molecule has 1 heterocycles. The maximum Gasteiger partial charge on any atom is 0.410 e. The van der Waals surface area contributed by atoms with E-state index in [1.54, 1.807) is 20.8 Å². The molecule has 5 nitrogen and oxygen atoms in total. The summed E-state index contributed by atoms with van der Waals surface area (Å²) in [6, 6.07) is 0. The lowest BCUT2D eigenvalue weighted by molar-refractivity contribution is -0.146. The number of hydrogen-bond acceptors (Lipinski definition) is 3. The normalized spacial score (nSPS) is 25.5. The predicted molar refractivity (Wildman–Crippen MR) is 58.4 cm³/mol. The number of carbonyl (C=O) groups excluding carboxylic acids is 1. The Hall–Kier alpha value is -1.33. The number of alkyl halides is 1. The highest BCUT2D eigenvalue weighted by molar-refractivity contribution is 5.74. The van der Waals surface area contributed by atoms with Crippen molar-refractivity contribution in [3.8, 4) is 0 Å². The number of likely N-dealkylation sites (tertiary alicyclic amines) is 1. The molecule has 1 rings (SSSR count). The molecule has 0 aromatic carbocycles. The second-order valence-electron chi connectivity index (χ2n) is 5.18. The first-order valence-corrected chi connectivity index (χ1v) is 5.55. The zero-order valence-corrected chi connectivity index (χ0v) is 10.3. The quantitative estimate of drug-likeness (QED) is 0.765. The molecule has 1 saturated heterocycles. The Kier molecular flexibility index (Phi) is 3.95. The number of carbonyl (C=O) groups is 2. The molecule has 0 aromatic heterocycles. The minimum Gasteiger partial charge on any atom is -0.481 e. The highest BCUT2D eigenvalue weighted by atomic mass is 19.1. The van der Waals surface area contributed by atoms with Crippen LogP contribution in [0.2, 0.25) is 0 Å². The van der Waals surface area contributed by atoms with Gasteiger partial charge in [0.05, 0.1) is 0 Å². The van der Waals surface area contributed by atoms with Gasteiger partial charge in [0.25, 0.3) is 0 Å². The summed E-state index contributed by atoms with van der Waals surface area (Å²) in [5.41, 5.74) is -0.637. The van der Waals surface area contributed by atoms with Crippen molar-refractivity contribution in [1.82, 2.24) is 4.90 Å². The van der Waals surface area contributed by atoms with Crippen LogP contribution in [0.5, 0.6) is 0 Å². The van der Waals surface area contributed by atoms with Gasteiger partial charge in [-0.25, -0.2) is 9.18 Å². The molecule has 2 atom stereocenters. The van der Waals surface area contributed by atoms with Crippen LogP contribution in [0.15, 0.2) is 0 Å². The van der Waals surface area contributed by atoms with Gasteiger partial charge in [-0.3, -0.25) is 4.79 Å². The summed E-state index contributed by atoms with van der Waals surface area (Å²) in [6.07, 6.45) is -1.95. The van der Waals surface area contributed by atoms with E-state index in [0.29, 0.717) is 0 Å². The second-order valence-corrected chi connectivity index (χ2v) is 5.18.